The van der Waals surface area contributed by atoms with Gasteiger partial charge in [0.2, 0.25) is 0 Å². The molecule has 0 fully saturated rings. The maximum absolute atomic E-state index is 11.8. The fourth-order valence-electron chi connectivity index (χ4n) is 5.17. The van der Waals surface area contributed by atoms with E-state index in [-0.39, 0.29) is 0 Å². The highest BCUT2D eigenvalue weighted by molar-refractivity contribution is 7.28. The molecule has 0 spiro atoms. The first-order chi connectivity index (χ1) is 19.7. The molecule has 0 atom stereocenters. The summed E-state index contributed by atoms with van der Waals surface area (Å²) < 4.78 is 8.42. The zero-order valence-corrected chi connectivity index (χ0v) is 26.8. The van der Waals surface area contributed by atoms with E-state index >= 15 is 0 Å². The summed E-state index contributed by atoms with van der Waals surface area (Å²) in [4.78, 5) is 19.6. The van der Waals surface area contributed by atoms with Crippen LogP contribution in [0.4, 0.5) is 0 Å². The van der Waals surface area contributed by atoms with Gasteiger partial charge >= 0.3 is 0 Å². The second kappa shape index (κ2) is 14.6. The van der Waals surface area contributed by atoms with Gasteiger partial charge in [0.25, 0.3) is 0 Å². The van der Waals surface area contributed by atoms with Gasteiger partial charge in [-0.25, -0.2) is 0 Å². The number of fused-ring (bicyclic) bond motifs is 1. The van der Waals surface area contributed by atoms with Crippen molar-refractivity contribution in [3.8, 4) is 16.2 Å². The minimum Gasteiger partial charge on any atom is -0.496 e. The van der Waals surface area contributed by atoms with Crippen molar-refractivity contribution in [3.05, 3.63) is 84.5 Å². The number of carbonyl (C=O) groups excluding carboxylic acids is 1. The van der Waals surface area contributed by atoms with Gasteiger partial charge in [-0.05, 0) is 42.7 Å². The Morgan fingerprint density at radius 2 is 1.35 bits per heavy atom. The smallest absolute Gasteiger partial charge is 0.151 e. The lowest BCUT2D eigenvalue weighted by Crippen LogP contribution is -1.86. The summed E-state index contributed by atoms with van der Waals surface area (Å²) >= 11 is 7.41. The van der Waals surface area contributed by atoms with Crippen LogP contribution in [0.15, 0.2) is 54.6 Å². The van der Waals surface area contributed by atoms with E-state index in [2.05, 4.69) is 61.5 Å². The molecule has 2 nitrogen and oxygen atoms in total. The summed E-state index contributed by atoms with van der Waals surface area (Å²) in [6.45, 7) is 2.27. The molecule has 5 rings (SSSR count). The van der Waals surface area contributed by atoms with Crippen LogP contribution in [-0.4, -0.2) is 13.4 Å². The van der Waals surface area contributed by atoms with Crippen LogP contribution >= 0.6 is 45.3 Å². The van der Waals surface area contributed by atoms with Gasteiger partial charge in [-0.2, -0.15) is 0 Å². The fraction of sp³-hybridized carbons (Fsp3) is 0.382. The van der Waals surface area contributed by atoms with Crippen molar-refractivity contribution in [2.45, 2.75) is 77.6 Å². The summed E-state index contributed by atoms with van der Waals surface area (Å²) in [6.07, 6.45) is 14.6. The Morgan fingerprint density at radius 3 is 2.00 bits per heavy atom. The molecule has 4 aromatic heterocycles. The van der Waals surface area contributed by atoms with E-state index in [4.69, 9.17) is 4.74 Å². The molecule has 0 aliphatic heterocycles. The van der Waals surface area contributed by atoms with Crippen LogP contribution < -0.4 is 4.74 Å². The van der Waals surface area contributed by atoms with Gasteiger partial charge in [0, 0.05) is 52.2 Å². The van der Waals surface area contributed by atoms with Crippen LogP contribution in [0.5, 0.6) is 5.75 Å². The van der Waals surface area contributed by atoms with Crippen LogP contribution in [0.25, 0.3) is 19.8 Å². The largest absolute Gasteiger partial charge is 0.496 e. The predicted molar refractivity (Wildman–Crippen MR) is 178 cm³/mol. The van der Waals surface area contributed by atoms with Gasteiger partial charge in [-0.1, -0.05) is 82.2 Å². The zero-order valence-electron chi connectivity index (χ0n) is 23.5. The minimum absolute atomic E-state index is 0.858. The van der Waals surface area contributed by atoms with Crippen molar-refractivity contribution in [2.75, 3.05) is 7.11 Å². The summed E-state index contributed by atoms with van der Waals surface area (Å²) in [5.41, 5.74) is 2.12. The quantitative estimate of drug-likeness (QED) is 0.0825. The van der Waals surface area contributed by atoms with E-state index < -0.39 is 0 Å². The second-order valence-electron chi connectivity index (χ2n) is 10.4. The molecule has 40 heavy (non-hydrogen) atoms. The predicted octanol–water partition coefficient (Wildman–Crippen LogP) is 11.4. The lowest BCUT2D eigenvalue weighted by Gasteiger charge is -2.01. The molecule has 0 N–H and O–H groups in total. The molecule has 0 saturated heterocycles. The van der Waals surface area contributed by atoms with Crippen molar-refractivity contribution < 1.29 is 9.53 Å². The molecule has 0 aliphatic rings. The van der Waals surface area contributed by atoms with Gasteiger partial charge in [-0.15, -0.1) is 45.3 Å². The Balaban J connectivity index is 1.19. The number of hydrogen-bond acceptors (Lipinski definition) is 6. The maximum atomic E-state index is 11.8. The lowest BCUT2D eigenvalue weighted by atomic mass is 10.1. The molecule has 0 amide bonds. The van der Waals surface area contributed by atoms with Crippen molar-refractivity contribution >= 4 is 61.0 Å². The standard InChI is InChI=1S/C34H38O2S4/c1-3-4-5-6-7-8-9-13-16-26-17-25(23-35)30(37-26)18-27-20-33-34(38-27)21-28(39-33)19-32-29(36-2)22-31(40-32)24-14-11-10-12-15-24/h10-12,14-15,17,20-23H,3-9,13,16,18-19H2,1-2H3. The second-order valence-corrected chi connectivity index (χ2v) is 15.1. The molecule has 6 heteroatoms. The molecular weight excluding hydrogens is 569 g/mol. The van der Waals surface area contributed by atoms with Gasteiger partial charge in [0.15, 0.2) is 6.29 Å². The first-order valence-corrected chi connectivity index (χ1v) is 17.7. The van der Waals surface area contributed by atoms with Crippen LogP contribution in [0.2, 0.25) is 0 Å². The van der Waals surface area contributed by atoms with E-state index in [9.17, 15) is 4.79 Å². The van der Waals surface area contributed by atoms with E-state index in [1.54, 1.807) is 7.11 Å². The third-order valence-electron chi connectivity index (χ3n) is 7.32. The zero-order chi connectivity index (χ0) is 27.7. The van der Waals surface area contributed by atoms with Crippen molar-refractivity contribution in [2.24, 2.45) is 0 Å². The topological polar surface area (TPSA) is 26.3 Å². The van der Waals surface area contributed by atoms with Crippen molar-refractivity contribution in [3.63, 3.8) is 0 Å². The summed E-state index contributed by atoms with van der Waals surface area (Å²) in [5, 5.41) is 0. The average molecular weight is 607 g/mol. The van der Waals surface area contributed by atoms with E-state index in [0.29, 0.717) is 0 Å². The van der Waals surface area contributed by atoms with Gasteiger partial charge in [0.1, 0.15) is 5.75 Å². The monoisotopic (exact) mass is 606 g/mol. The molecule has 210 valence electrons. The average Bonchev–Trinajstić information content (AvgIpc) is 3.74. The Morgan fingerprint density at radius 1 is 0.700 bits per heavy atom. The van der Waals surface area contributed by atoms with Crippen LogP contribution in [0.1, 0.15) is 93.0 Å². The first-order valence-electron chi connectivity index (χ1n) is 14.5. The Bertz CT molecular complexity index is 1470. The van der Waals surface area contributed by atoms with Crippen molar-refractivity contribution in [1.29, 1.82) is 0 Å². The number of carbonyl (C=O) groups is 1. The first kappa shape index (κ1) is 29.2. The van der Waals surface area contributed by atoms with Crippen LogP contribution in [0.3, 0.4) is 0 Å². The molecule has 0 saturated carbocycles. The van der Waals surface area contributed by atoms with Crippen molar-refractivity contribution in [1.82, 2.24) is 0 Å². The third-order valence-corrected chi connectivity index (χ3v) is 12.0. The number of aryl methyl sites for hydroxylation is 1. The number of rotatable bonds is 16. The number of thiophene rings is 4. The summed E-state index contributed by atoms with van der Waals surface area (Å²) in [5.74, 6) is 0.975. The van der Waals surface area contributed by atoms with Crippen LogP contribution in [-0.2, 0) is 19.3 Å². The molecule has 0 unspecified atom stereocenters. The van der Waals surface area contributed by atoms with E-state index in [1.807, 2.05) is 45.3 Å². The van der Waals surface area contributed by atoms with Gasteiger partial charge in [-0.3, -0.25) is 4.79 Å². The number of ether oxygens (including phenoxy) is 1. The fourth-order valence-corrected chi connectivity index (χ4v) is 10.2. The molecule has 0 aliphatic carbocycles. The minimum atomic E-state index is 0.858. The number of aldehydes is 1. The van der Waals surface area contributed by atoms with Gasteiger partial charge < -0.3 is 4.74 Å². The number of methoxy groups -OCH3 is 1. The molecule has 0 bridgehead atoms. The van der Waals surface area contributed by atoms with E-state index in [0.717, 1.165) is 36.9 Å². The third kappa shape index (κ3) is 7.52. The van der Waals surface area contributed by atoms with Crippen LogP contribution in [0, 0.1) is 0 Å². The highest BCUT2D eigenvalue weighted by Crippen LogP contribution is 2.41. The highest BCUT2D eigenvalue weighted by Gasteiger charge is 2.16. The Labute approximate surface area is 254 Å². The molecular formula is C34H38O2S4. The maximum Gasteiger partial charge on any atom is 0.151 e. The Kier molecular flexibility index (Phi) is 10.7. The summed E-state index contributed by atoms with van der Waals surface area (Å²) in [6, 6.07) is 19.5. The Hall–Kier alpha value is -2.25. The highest BCUT2D eigenvalue weighted by atomic mass is 32.1. The normalized spacial score (nSPS) is 11.4. The SMILES string of the molecule is CCCCCCCCCCc1cc(C=O)c(Cc2cc3sc(Cc4sc(-c5ccccc5)cc4OC)cc3s2)s1. The number of unbranched alkanes of at least 4 members (excludes halogenated alkanes) is 7. The molecule has 0 radical (unpaired) electrons. The van der Waals surface area contributed by atoms with E-state index in [1.165, 1.54) is 95.6 Å². The number of benzene rings is 1. The molecule has 5 aromatic rings. The van der Waals surface area contributed by atoms with Gasteiger partial charge in [0.05, 0.1) is 12.0 Å². The molecule has 1 aromatic carbocycles. The lowest BCUT2D eigenvalue weighted by molar-refractivity contribution is 0.112. The summed E-state index contributed by atoms with van der Waals surface area (Å²) in [7, 11) is 1.76. The number of hydrogen-bond donors (Lipinski definition) is 0. The molecule has 4 heterocycles.